The van der Waals surface area contributed by atoms with Crippen LogP contribution in [0.1, 0.15) is 41.5 Å². The van der Waals surface area contributed by atoms with E-state index in [1.54, 1.807) is 23.9 Å². The van der Waals surface area contributed by atoms with Crippen molar-refractivity contribution in [2.24, 2.45) is 0 Å². The molecule has 1 aliphatic heterocycles. The van der Waals surface area contributed by atoms with E-state index >= 15 is 0 Å². The molecule has 1 aliphatic rings. The second-order valence-electron chi connectivity index (χ2n) is 7.19. The standard InChI is InChI=1S/C22H25FN2O2S/c1-15(2)28-19-7-4-17(5-8-19)22(27)25-12-10-24(11-13-25)21-9-6-18(16(3)26)14-20(21)23/h4-9,14-15H,10-13H2,1-3H3. The van der Waals surface area contributed by atoms with E-state index < -0.39 is 5.82 Å². The van der Waals surface area contributed by atoms with Gasteiger partial charge in [-0.25, -0.2) is 4.39 Å². The van der Waals surface area contributed by atoms with Gasteiger partial charge < -0.3 is 9.80 Å². The van der Waals surface area contributed by atoms with Crippen molar-refractivity contribution in [2.45, 2.75) is 30.9 Å². The molecule has 0 aromatic heterocycles. The summed E-state index contributed by atoms with van der Waals surface area (Å²) in [5, 5.41) is 0.500. The zero-order chi connectivity index (χ0) is 20.3. The Labute approximate surface area is 169 Å². The van der Waals surface area contributed by atoms with Gasteiger partial charge in [0.25, 0.3) is 5.91 Å². The highest BCUT2D eigenvalue weighted by atomic mass is 32.2. The van der Waals surface area contributed by atoms with Crippen LogP contribution >= 0.6 is 11.8 Å². The van der Waals surface area contributed by atoms with Crippen molar-refractivity contribution in [1.82, 2.24) is 4.90 Å². The number of Topliss-reactive ketones (excluding diaryl/α,β-unsaturated/α-hetero) is 1. The van der Waals surface area contributed by atoms with Gasteiger partial charge >= 0.3 is 0 Å². The molecule has 1 amide bonds. The second-order valence-corrected chi connectivity index (χ2v) is 8.84. The maximum Gasteiger partial charge on any atom is 0.253 e. The molecular weight excluding hydrogens is 375 g/mol. The summed E-state index contributed by atoms with van der Waals surface area (Å²) in [4.78, 5) is 29.0. The first kappa shape index (κ1) is 20.4. The topological polar surface area (TPSA) is 40.6 Å². The summed E-state index contributed by atoms with van der Waals surface area (Å²) in [7, 11) is 0. The first-order valence-corrected chi connectivity index (χ1v) is 10.3. The maximum absolute atomic E-state index is 14.4. The minimum Gasteiger partial charge on any atom is -0.366 e. The molecule has 148 valence electrons. The number of piperazine rings is 1. The Morgan fingerprint density at radius 1 is 0.964 bits per heavy atom. The van der Waals surface area contributed by atoms with E-state index in [4.69, 9.17) is 0 Å². The summed E-state index contributed by atoms with van der Waals surface area (Å²) in [6.45, 7) is 7.89. The number of hydrogen-bond donors (Lipinski definition) is 0. The van der Waals surface area contributed by atoms with Crippen LogP contribution in [-0.4, -0.2) is 48.0 Å². The van der Waals surface area contributed by atoms with E-state index in [-0.39, 0.29) is 11.7 Å². The van der Waals surface area contributed by atoms with E-state index in [1.165, 1.54) is 13.0 Å². The van der Waals surface area contributed by atoms with Crippen molar-refractivity contribution in [2.75, 3.05) is 31.1 Å². The van der Waals surface area contributed by atoms with Crippen LogP contribution in [0.4, 0.5) is 10.1 Å². The van der Waals surface area contributed by atoms with Gasteiger partial charge in [0.15, 0.2) is 5.78 Å². The fourth-order valence-corrected chi connectivity index (χ4v) is 4.10. The third-order valence-electron chi connectivity index (χ3n) is 4.73. The monoisotopic (exact) mass is 400 g/mol. The van der Waals surface area contributed by atoms with Crippen LogP contribution in [0.3, 0.4) is 0 Å². The van der Waals surface area contributed by atoms with Crippen LogP contribution in [0.5, 0.6) is 0 Å². The summed E-state index contributed by atoms with van der Waals surface area (Å²) in [5.74, 6) is -0.544. The number of benzene rings is 2. The normalized spacial score (nSPS) is 14.5. The van der Waals surface area contributed by atoms with E-state index in [9.17, 15) is 14.0 Å². The Balaban J connectivity index is 1.62. The van der Waals surface area contributed by atoms with E-state index in [2.05, 4.69) is 13.8 Å². The number of halogens is 1. The van der Waals surface area contributed by atoms with Crippen LogP contribution in [0.25, 0.3) is 0 Å². The Hall–Kier alpha value is -2.34. The number of carbonyl (C=O) groups is 2. The van der Waals surface area contributed by atoms with Gasteiger partial charge in [-0.05, 0) is 49.4 Å². The van der Waals surface area contributed by atoms with Crippen molar-refractivity contribution < 1.29 is 14.0 Å². The molecule has 0 atom stereocenters. The molecule has 1 fully saturated rings. The number of amides is 1. The highest BCUT2D eigenvalue weighted by Crippen LogP contribution is 2.25. The Bertz CT molecular complexity index is 859. The third-order valence-corrected chi connectivity index (χ3v) is 5.75. The molecule has 0 unspecified atom stereocenters. The molecule has 0 aliphatic carbocycles. The maximum atomic E-state index is 14.4. The van der Waals surface area contributed by atoms with Gasteiger partial charge in [-0.2, -0.15) is 0 Å². The zero-order valence-electron chi connectivity index (χ0n) is 16.4. The lowest BCUT2D eigenvalue weighted by Gasteiger charge is -2.36. The number of thioether (sulfide) groups is 1. The first-order chi connectivity index (χ1) is 13.3. The molecule has 0 radical (unpaired) electrons. The van der Waals surface area contributed by atoms with Crippen LogP contribution in [0, 0.1) is 5.82 Å². The summed E-state index contributed by atoms with van der Waals surface area (Å²) >= 11 is 1.77. The summed E-state index contributed by atoms with van der Waals surface area (Å²) in [5.41, 5.74) is 1.53. The molecule has 4 nitrogen and oxygen atoms in total. The molecule has 0 spiro atoms. The van der Waals surface area contributed by atoms with Gasteiger partial charge in [0.2, 0.25) is 0 Å². The lowest BCUT2D eigenvalue weighted by Crippen LogP contribution is -2.49. The predicted octanol–water partition coefficient (Wildman–Crippen LogP) is 4.49. The van der Waals surface area contributed by atoms with Crippen molar-refractivity contribution in [3.05, 3.63) is 59.4 Å². The highest BCUT2D eigenvalue weighted by Gasteiger charge is 2.24. The minimum atomic E-state index is -0.397. The second kappa shape index (κ2) is 8.78. The highest BCUT2D eigenvalue weighted by molar-refractivity contribution is 7.99. The SMILES string of the molecule is CC(=O)c1ccc(N2CCN(C(=O)c3ccc(SC(C)C)cc3)CC2)c(F)c1. The van der Waals surface area contributed by atoms with Crippen molar-refractivity contribution in [3.8, 4) is 0 Å². The van der Waals surface area contributed by atoms with Gasteiger partial charge in [-0.15, -0.1) is 11.8 Å². The number of hydrogen-bond acceptors (Lipinski definition) is 4. The Kier molecular flexibility index (Phi) is 6.39. The molecule has 1 heterocycles. The van der Waals surface area contributed by atoms with E-state index in [0.29, 0.717) is 48.2 Å². The number of carbonyl (C=O) groups excluding carboxylic acids is 2. The smallest absolute Gasteiger partial charge is 0.253 e. The average Bonchev–Trinajstić information content (AvgIpc) is 2.67. The van der Waals surface area contributed by atoms with Crippen LogP contribution < -0.4 is 4.90 Å². The summed E-state index contributed by atoms with van der Waals surface area (Å²) in [6.07, 6.45) is 0. The molecular formula is C22H25FN2O2S. The summed E-state index contributed by atoms with van der Waals surface area (Å²) in [6, 6.07) is 12.3. The fourth-order valence-electron chi connectivity index (χ4n) is 3.26. The van der Waals surface area contributed by atoms with Crippen molar-refractivity contribution >= 4 is 29.1 Å². The molecule has 3 rings (SSSR count). The molecule has 0 bridgehead atoms. The Morgan fingerprint density at radius 3 is 2.11 bits per heavy atom. The quantitative estimate of drug-likeness (QED) is 0.548. The number of anilines is 1. The average molecular weight is 401 g/mol. The van der Waals surface area contributed by atoms with Crippen LogP contribution in [-0.2, 0) is 0 Å². The minimum absolute atomic E-state index is 0.00754. The van der Waals surface area contributed by atoms with E-state index in [0.717, 1.165) is 4.90 Å². The van der Waals surface area contributed by atoms with Gasteiger partial charge in [-0.3, -0.25) is 9.59 Å². The summed E-state index contributed by atoms with van der Waals surface area (Å²) < 4.78 is 14.4. The number of nitrogens with zero attached hydrogens (tertiary/aromatic N) is 2. The molecule has 0 saturated carbocycles. The van der Waals surface area contributed by atoms with Gasteiger partial charge in [0.05, 0.1) is 5.69 Å². The Morgan fingerprint density at radius 2 is 1.57 bits per heavy atom. The molecule has 6 heteroatoms. The largest absolute Gasteiger partial charge is 0.366 e. The molecule has 0 N–H and O–H groups in total. The van der Waals surface area contributed by atoms with Gasteiger partial charge in [0.1, 0.15) is 5.82 Å². The van der Waals surface area contributed by atoms with Crippen molar-refractivity contribution in [1.29, 1.82) is 0 Å². The first-order valence-electron chi connectivity index (χ1n) is 9.46. The fraction of sp³-hybridized carbons (Fsp3) is 0.364. The van der Waals surface area contributed by atoms with E-state index in [1.807, 2.05) is 34.1 Å². The molecule has 2 aromatic rings. The van der Waals surface area contributed by atoms with Gasteiger partial charge in [-0.1, -0.05) is 13.8 Å². The third kappa shape index (κ3) is 4.73. The molecule has 28 heavy (non-hydrogen) atoms. The molecule has 1 saturated heterocycles. The molecule has 2 aromatic carbocycles. The lowest BCUT2D eigenvalue weighted by molar-refractivity contribution is 0.0746. The lowest BCUT2D eigenvalue weighted by atomic mass is 10.1. The van der Waals surface area contributed by atoms with Crippen molar-refractivity contribution in [3.63, 3.8) is 0 Å². The predicted molar refractivity (Wildman–Crippen MR) is 112 cm³/mol. The van der Waals surface area contributed by atoms with Gasteiger partial charge in [0, 0.05) is 47.5 Å². The number of rotatable bonds is 5. The number of ketones is 1. The zero-order valence-corrected chi connectivity index (χ0v) is 17.3. The van der Waals surface area contributed by atoms with Crippen LogP contribution in [0.15, 0.2) is 47.4 Å². The van der Waals surface area contributed by atoms with Crippen LogP contribution in [0.2, 0.25) is 0 Å².